The Balaban J connectivity index is 0.813. The molecule has 0 aromatic rings. The highest BCUT2D eigenvalue weighted by Crippen LogP contribution is 2.71. The van der Waals surface area contributed by atoms with E-state index in [-0.39, 0.29) is 30.1 Å². The molecule has 8 aliphatic rings. The van der Waals surface area contributed by atoms with Crippen LogP contribution in [0, 0.1) is 63.6 Å². The second kappa shape index (κ2) is 13.6. The number of nitrogens with zero attached hydrogens (tertiary/aromatic N) is 4. The average Bonchev–Trinajstić information content (AvgIpc) is 3.56. The first-order valence-corrected chi connectivity index (χ1v) is 20.8. The van der Waals surface area contributed by atoms with E-state index in [9.17, 15) is 9.59 Å². The van der Waals surface area contributed by atoms with Gasteiger partial charge in [0.25, 0.3) is 0 Å². The van der Waals surface area contributed by atoms with Crippen molar-refractivity contribution in [3.8, 4) is 6.07 Å². The highest BCUT2D eigenvalue weighted by Gasteiger charge is 2.69. The smallest absolute Gasteiger partial charge is 0.232 e. The number of piperidine rings is 1. The number of carbonyl (C=O) groups is 2. The molecule has 4 heterocycles. The zero-order chi connectivity index (χ0) is 34.8. The van der Waals surface area contributed by atoms with Gasteiger partial charge in [0.15, 0.2) is 5.79 Å². The average molecular weight is 692 g/mol. The lowest BCUT2D eigenvalue weighted by Crippen LogP contribution is -2.56. The minimum atomic E-state index is -0.336. The molecule has 4 saturated carbocycles. The summed E-state index contributed by atoms with van der Waals surface area (Å²) in [5, 5.41) is 12.3. The molecular weight excluding hydrogens is 626 g/mol. The van der Waals surface area contributed by atoms with Crippen LogP contribution in [-0.2, 0) is 19.1 Å². The Morgan fingerprint density at radius 3 is 2.34 bits per heavy atom. The number of carbonyl (C=O) groups excluding carboxylic acids is 2. The van der Waals surface area contributed by atoms with Gasteiger partial charge in [0, 0.05) is 63.7 Å². The Morgan fingerprint density at radius 1 is 0.860 bits per heavy atom. The highest BCUT2D eigenvalue weighted by molar-refractivity contribution is 5.97. The number of ether oxygens (including phenoxy) is 2. The van der Waals surface area contributed by atoms with Crippen LogP contribution < -0.4 is 5.32 Å². The number of fused-ring (bicyclic) bond motifs is 7. The first-order chi connectivity index (χ1) is 24.0. The Labute approximate surface area is 301 Å². The van der Waals surface area contributed by atoms with E-state index in [4.69, 9.17) is 14.7 Å². The SMILES string of the molecule is C[C@@H]1CC[C@@]2(OC1)O[C@H]1C[C@H]3[C@@H]4CC[C@@H]5C[C@@H](NC(=O)CC(=O)N6CCC(N7CCN(CC#N)CC7)CC6)CC[C@]5(C)C4CC[C@]3(C)[C@H]1[C@@H]2C. The van der Waals surface area contributed by atoms with Crippen molar-refractivity contribution in [2.75, 3.05) is 52.4 Å². The van der Waals surface area contributed by atoms with E-state index >= 15 is 0 Å². The van der Waals surface area contributed by atoms with Gasteiger partial charge in [-0.05, 0) is 117 Å². The van der Waals surface area contributed by atoms with Gasteiger partial charge in [-0.1, -0.05) is 27.7 Å². The Kier molecular flexibility index (Phi) is 9.60. The van der Waals surface area contributed by atoms with Gasteiger partial charge in [-0.15, -0.1) is 0 Å². The Bertz CT molecular complexity index is 1310. The third-order valence-electron chi connectivity index (χ3n) is 16.6. The summed E-state index contributed by atoms with van der Waals surface area (Å²) in [6, 6.07) is 2.95. The molecular formula is C41H65N5O4. The van der Waals surface area contributed by atoms with Crippen molar-refractivity contribution < 1.29 is 19.1 Å². The highest BCUT2D eigenvalue weighted by atomic mass is 16.7. The first kappa shape index (κ1) is 35.3. The van der Waals surface area contributed by atoms with Gasteiger partial charge >= 0.3 is 0 Å². The summed E-state index contributed by atoms with van der Waals surface area (Å²) in [4.78, 5) is 33.1. The summed E-state index contributed by atoms with van der Waals surface area (Å²) in [5.41, 5.74) is 0.702. The van der Waals surface area contributed by atoms with Crippen molar-refractivity contribution in [3.05, 3.63) is 0 Å². The number of hydrogen-bond donors (Lipinski definition) is 1. The van der Waals surface area contributed by atoms with E-state index in [0.717, 1.165) is 95.7 Å². The van der Waals surface area contributed by atoms with Crippen molar-refractivity contribution in [2.24, 2.45) is 52.3 Å². The molecule has 0 aromatic heterocycles. The lowest BCUT2D eigenvalue weighted by atomic mass is 9.44. The Morgan fingerprint density at radius 2 is 1.62 bits per heavy atom. The van der Waals surface area contributed by atoms with E-state index in [1.54, 1.807) is 0 Å². The summed E-state index contributed by atoms with van der Waals surface area (Å²) in [7, 11) is 0. The summed E-state index contributed by atoms with van der Waals surface area (Å²) >= 11 is 0. The molecule has 9 heteroatoms. The van der Waals surface area contributed by atoms with Crippen molar-refractivity contribution in [3.63, 3.8) is 0 Å². The van der Waals surface area contributed by atoms with Crippen LogP contribution in [0.3, 0.4) is 0 Å². The van der Waals surface area contributed by atoms with E-state index in [1.165, 1.54) is 44.9 Å². The third kappa shape index (κ3) is 6.04. The maximum absolute atomic E-state index is 13.2. The zero-order valence-electron chi connectivity index (χ0n) is 31.5. The van der Waals surface area contributed by atoms with Gasteiger partial charge in [-0.2, -0.15) is 5.26 Å². The lowest BCUT2D eigenvalue weighted by Gasteiger charge is -2.61. The van der Waals surface area contributed by atoms with E-state index in [1.807, 2.05) is 4.90 Å². The predicted octanol–water partition coefficient (Wildman–Crippen LogP) is 5.44. The van der Waals surface area contributed by atoms with Crippen molar-refractivity contribution in [1.82, 2.24) is 20.0 Å². The molecule has 1 unspecified atom stereocenters. The molecule has 50 heavy (non-hydrogen) atoms. The van der Waals surface area contributed by atoms with E-state index in [0.29, 0.717) is 53.2 Å². The number of amides is 2. The van der Waals surface area contributed by atoms with Crippen LogP contribution in [0.5, 0.6) is 0 Å². The lowest BCUT2D eigenvalue weighted by molar-refractivity contribution is -0.273. The summed E-state index contributed by atoms with van der Waals surface area (Å²) in [6.07, 6.45) is 14.3. The molecule has 0 bridgehead atoms. The number of hydrogen-bond acceptors (Lipinski definition) is 7. The Hall–Kier alpha value is -1.73. The first-order valence-electron chi connectivity index (χ1n) is 20.8. The van der Waals surface area contributed by atoms with Crippen LogP contribution in [0.2, 0.25) is 0 Å². The standard InChI is InChI=1S/C41H65N5O4/c1-27-7-14-41(49-26-27)28(2)38-35(50-41)24-34-32-6-5-29-23-30(8-12-39(29,3)33(32)9-13-40(34,38)4)43-36(47)25-37(48)46-16-10-31(11-17-46)45-21-19-44(18-15-42)20-22-45/h27-35,38H,5-14,16-26H2,1-4H3,(H,43,47)/t27-,28+,29-,30+,32-,33?,34+,35+,38+,39+,40+,41-/m1/s1. The van der Waals surface area contributed by atoms with E-state index < -0.39 is 0 Å². The largest absolute Gasteiger partial charge is 0.353 e. The molecule has 278 valence electrons. The molecule has 0 aromatic carbocycles. The van der Waals surface area contributed by atoms with Gasteiger partial charge < -0.3 is 19.7 Å². The number of nitriles is 1. The van der Waals surface area contributed by atoms with Crippen LogP contribution >= 0.6 is 0 Å². The van der Waals surface area contributed by atoms with Crippen LogP contribution in [0.15, 0.2) is 0 Å². The molecule has 9 nitrogen and oxygen atoms in total. The summed E-state index contributed by atoms with van der Waals surface area (Å²) in [6.45, 7) is 16.7. The van der Waals surface area contributed by atoms with Gasteiger partial charge in [0.2, 0.25) is 11.8 Å². The maximum Gasteiger partial charge on any atom is 0.232 e. The topological polar surface area (TPSA) is 98.1 Å². The molecule has 4 saturated heterocycles. The molecule has 8 fully saturated rings. The number of nitrogens with one attached hydrogen (secondary N) is 1. The van der Waals surface area contributed by atoms with Crippen LogP contribution in [0.4, 0.5) is 0 Å². The minimum Gasteiger partial charge on any atom is -0.353 e. The van der Waals surface area contributed by atoms with Crippen LogP contribution in [0.25, 0.3) is 0 Å². The quantitative estimate of drug-likeness (QED) is 0.303. The van der Waals surface area contributed by atoms with E-state index in [2.05, 4.69) is 48.9 Å². The third-order valence-corrected chi connectivity index (χ3v) is 16.6. The van der Waals surface area contributed by atoms with Gasteiger partial charge in [0.05, 0.1) is 25.3 Å². The summed E-state index contributed by atoms with van der Waals surface area (Å²) in [5.74, 6) is 4.27. The number of piperazine rings is 1. The van der Waals surface area contributed by atoms with Gasteiger partial charge in [-0.25, -0.2) is 0 Å². The molecule has 1 N–H and O–H groups in total. The molecule has 12 atom stereocenters. The molecule has 2 amide bonds. The minimum absolute atomic E-state index is 0.0126. The normalized spacial score (nSPS) is 46.8. The van der Waals surface area contributed by atoms with Crippen molar-refractivity contribution in [2.45, 2.75) is 135 Å². The van der Waals surface area contributed by atoms with Crippen LogP contribution in [0.1, 0.15) is 111 Å². The van der Waals surface area contributed by atoms with Gasteiger partial charge in [-0.3, -0.25) is 19.4 Å². The molecule has 1 spiro atoms. The second-order valence-corrected chi connectivity index (χ2v) is 19.0. The van der Waals surface area contributed by atoms with Crippen molar-refractivity contribution in [1.29, 1.82) is 5.26 Å². The number of likely N-dealkylation sites (tertiary alicyclic amines) is 1. The monoisotopic (exact) mass is 692 g/mol. The predicted molar refractivity (Wildman–Crippen MR) is 191 cm³/mol. The fourth-order valence-electron chi connectivity index (χ4n) is 13.8. The molecule has 8 rings (SSSR count). The fourth-order valence-corrected chi connectivity index (χ4v) is 13.8. The maximum atomic E-state index is 13.2. The van der Waals surface area contributed by atoms with Crippen LogP contribution in [-0.4, -0.2) is 103 Å². The fraction of sp³-hybridized carbons (Fsp3) is 0.927. The van der Waals surface area contributed by atoms with Gasteiger partial charge in [0.1, 0.15) is 6.42 Å². The second-order valence-electron chi connectivity index (χ2n) is 19.0. The van der Waals surface area contributed by atoms with Crippen molar-refractivity contribution >= 4 is 11.8 Å². The molecule has 4 aliphatic carbocycles. The molecule has 4 aliphatic heterocycles. The zero-order valence-corrected chi connectivity index (χ0v) is 31.5. The summed E-state index contributed by atoms with van der Waals surface area (Å²) < 4.78 is 13.5. The number of rotatable bonds is 5. The molecule has 0 radical (unpaired) electrons.